The van der Waals surface area contributed by atoms with Gasteiger partial charge in [0.15, 0.2) is 5.82 Å². The van der Waals surface area contributed by atoms with Gasteiger partial charge in [-0.1, -0.05) is 5.16 Å². The van der Waals surface area contributed by atoms with Crippen LogP contribution in [0.4, 0.5) is 0 Å². The molecule has 0 saturated heterocycles. The van der Waals surface area contributed by atoms with E-state index in [0.29, 0.717) is 5.89 Å². The highest BCUT2D eigenvalue weighted by atomic mass is 32.2. The predicted octanol–water partition coefficient (Wildman–Crippen LogP) is 0.927. The van der Waals surface area contributed by atoms with Gasteiger partial charge in [0.05, 0.1) is 6.04 Å². The Morgan fingerprint density at radius 2 is 2.25 bits per heavy atom. The zero-order valence-corrected chi connectivity index (χ0v) is 11.0. The second-order valence-corrected chi connectivity index (χ2v) is 4.98. The Morgan fingerprint density at radius 3 is 2.88 bits per heavy atom. The zero-order chi connectivity index (χ0) is 12.0. The van der Waals surface area contributed by atoms with E-state index in [0.717, 1.165) is 31.0 Å². The van der Waals surface area contributed by atoms with Crippen LogP contribution in [-0.4, -0.2) is 47.7 Å². The molecule has 0 aliphatic heterocycles. The van der Waals surface area contributed by atoms with Crippen molar-refractivity contribution in [2.75, 3.05) is 32.6 Å². The summed E-state index contributed by atoms with van der Waals surface area (Å²) in [4.78, 5) is 6.38. The highest BCUT2D eigenvalue weighted by Crippen LogP contribution is 2.14. The molecule has 0 saturated carbocycles. The molecule has 0 bridgehead atoms. The standard InChI is InChI=1S/C10H20N4OS/c1-14(2)6-4-9-12-10(15-13-9)8(11)5-7-16-3/h8H,4-7,11H2,1-3H3/t8-/m0/s1. The van der Waals surface area contributed by atoms with Crippen molar-refractivity contribution in [3.05, 3.63) is 11.7 Å². The molecule has 1 atom stereocenters. The van der Waals surface area contributed by atoms with Crippen LogP contribution in [0.2, 0.25) is 0 Å². The zero-order valence-electron chi connectivity index (χ0n) is 10.1. The average Bonchev–Trinajstić information content (AvgIpc) is 2.71. The molecule has 92 valence electrons. The van der Waals surface area contributed by atoms with E-state index < -0.39 is 0 Å². The first-order chi connectivity index (χ1) is 7.63. The molecule has 0 unspecified atom stereocenters. The first-order valence-electron chi connectivity index (χ1n) is 5.35. The Bertz CT molecular complexity index is 303. The van der Waals surface area contributed by atoms with Gasteiger partial charge in [0.25, 0.3) is 0 Å². The van der Waals surface area contributed by atoms with Crippen LogP contribution < -0.4 is 5.73 Å². The Morgan fingerprint density at radius 1 is 1.50 bits per heavy atom. The smallest absolute Gasteiger partial charge is 0.243 e. The Balaban J connectivity index is 2.43. The summed E-state index contributed by atoms with van der Waals surface area (Å²) in [6.45, 7) is 0.916. The second-order valence-electron chi connectivity index (χ2n) is 3.99. The number of aromatic nitrogens is 2. The minimum absolute atomic E-state index is 0.131. The highest BCUT2D eigenvalue weighted by Gasteiger charge is 2.14. The molecule has 1 aromatic rings. The van der Waals surface area contributed by atoms with Crippen molar-refractivity contribution in [1.29, 1.82) is 0 Å². The first-order valence-corrected chi connectivity index (χ1v) is 6.74. The lowest BCUT2D eigenvalue weighted by Gasteiger charge is -2.05. The molecule has 0 aromatic carbocycles. The summed E-state index contributed by atoms with van der Waals surface area (Å²) in [6.07, 6.45) is 3.73. The normalized spacial score (nSPS) is 13.3. The third kappa shape index (κ3) is 4.51. The predicted molar refractivity (Wildman–Crippen MR) is 66.5 cm³/mol. The van der Waals surface area contributed by atoms with Gasteiger partial charge in [-0.15, -0.1) is 0 Å². The van der Waals surface area contributed by atoms with Crippen LogP contribution >= 0.6 is 11.8 Å². The SMILES string of the molecule is CSCC[C@H](N)c1nc(CCN(C)C)no1. The van der Waals surface area contributed by atoms with E-state index >= 15 is 0 Å². The lowest BCUT2D eigenvalue weighted by atomic mass is 10.2. The molecule has 0 fully saturated rings. The third-order valence-electron chi connectivity index (χ3n) is 2.22. The van der Waals surface area contributed by atoms with Crippen LogP contribution in [0.5, 0.6) is 0 Å². The van der Waals surface area contributed by atoms with Crippen molar-refractivity contribution >= 4 is 11.8 Å². The Labute approximate surface area is 101 Å². The van der Waals surface area contributed by atoms with E-state index in [1.54, 1.807) is 11.8 Å². The van der Waals surface area contributed by atoms with E-state index in [9.17, 15) is 0 Å². The molecular weight excluding hydrogens is 224 g/mol. The Hall–Kier alpha value is -0.590. The van der Waals surface area contributed by atoms with Crippen molar-refractivity contribution < 1.29 is 4.52 Å². The minimum atomic E-state index is -0.131. The van der Waals surface area contributed by atoms with Crippen LogP contribution in [0, 0.1) is 0 Å². The van der Waals surface area contributed by atoms with E-state index in [1.807, 2.05) is 14.1 Å². The fourth-order valence-electron chi connectivity index (χ4n) is 1.21. The van der Waals surface area contributed by atoms with Crippen LogP contribution in [0.15, 0.2) is 4.52 Å². The van der Waals surface area contributed by atoms with E-state index in [4.69, 9.17) is 10.3 Å². The van der Waals surface area contributed by atoms with Crippen molar-refractivity contribution in [3.8, 4) is 0 Å². The van der Waals surface area contributed by atoms with E-state index in [2.05, 4.69) is 21.3 Å². The van der Waals surface area contributed by atoms with Crippen molar-refractivity contribution in [2.45, 2.75) is 18.9 Å². The van der Waals surface area contributed by atoms with Crippen LogP contribution in [-0.2, 0) is 6.42 Å². The van der Waals surface area contributed by atoms with Gasteiger partial charge >= 0.3 is 0 Å². The molecule has 0 aliphatic carbocycles. The molecule has 0 radical (unpaired) electrons. The lowest BCUT2D eigenvalue weighted by Crippen LogP contribution is -2.16. The number of hydrogen-bond acceptors (Lipinski definition) is 6. The largest absolute Gasteiger partial charge is 0.338 e. The van der Waals surface area contributed by atoms with Gasteiger partial charge < -0.3 is 15.2 Å². The number of hydrogen-bond donors (Lipinski definition) is 1. The number of rotatable bonds is 7. The summed E-state index contributed by atoms with van der Waals surface area (Å²) in [5.74, 6) is 2.31. The van der Waals surface area contributed by atoms with Crippen molar-refractivity contribution in [2.24, 2.45) is 5.73 Å². The fourth-order valence-corrected chi connectivity index (χ4v) is 1.70. The topological polar surface area (TPSA) is 68.2 Å². The van der Waals surface area contributed by atoms with Gasteiger partial charge in [0, 0.05) is 13.0 Å². The van der Waals surface area contributed by atoms with Gasteiger partial charge in [-0.3, -0.25) is 0 Å². The van der Waals surface area contributed by atoms with Gasteiger partial charge in [0.2, 0.25) is 5.89 Å². The monoisotopic (exact) mass is 244 g/mol. The molecule has 0 spiro atoms. The minimum Gasteiger partial charge on any atom is -0.338 e. The molecule has 0 amide bonds. The Kier molecular flexibility index (Phi) is 5.79. The lowest BCUT2D eigenvalue weighted by molar-refractivity contribution is 0.345. The van der Waals surface area contributed by atoms with Crippen LogP contribution in [0.3, 0.4) is 0 Å². The van der Waals surface area contributed by atoms with Gasteiger partial charge in [-0.25, -0.2) is 0 Å². The molecule has 6 heteroatoms. The summed E-state index contributed by atoms with van der Waals surface area (Å²) in [6, 6.07) is -0.131. The maximum atomic E-state index is 5.93. The second kappa shape index (κ2) is 6.88. The first kappa shape index (κ1) is 13.5. The van der Waals surface area contributed by atoms with Crippen molar-refractivity contribution in [1.82, 2.24) is 15.0 Å². The summed E-state index contributed by atoms with van der Waals surface area (Å²) in [5, 5.41) is 3.92. The quantitative estimate of drug-likeness (QED) is 0.769. The molecule has 5 nitrogen and oxygen atoms in total. The molecule has 1 rings (SSSR count). The molecule has 0 aliphatic rings. The van der Waals surface area contributed by atoms with E-state index in [1.165, 1.54) is 0 Å². The maximum absolute atomic E-state index is 5.93. The number of thioether (sulfide) groups is 1. The third-order valence-corrected chi connectivity index (χ3v) is 2.86. The van der Waals surface area contributed by atoms with Crippen molar-refractivity contribution in [3.63, 3.8) is 0 Å². The number of nitrogens with two attached hydrogens (primary N) is 1. The molecular formula is C10H20N4OS. The summed E-state index contributed by atoms with van der Waals surface area (Å²) in [5.41, 5.74) is 5.93. The summed E-state index contributed by atoms with van der Waals surface area (Å²) < 4.78 is 5.14. The highest BCUT2D eigenvalue weighted by molar-refractivity contribution is 7.98. The summed E-state index contributed by atoms with van der Waals surface area (Å²) in [7, 11) is 4.04. The van der Waals surface area contributed by atoms with E-state index in [-0.39, 0.29) is 6.04 Å². The number of likely N-dealkylation sites (N-methyl/N-ethyl adjacent to an activating group) is 1. The van der Waals surface area contributed by atoms with Gasteiger partial charge in [-0.05, 0) is 32.5 Å². The van der Waals surface area contributed by atoms with Gasteiger partial charge in [0.1, 0.15) is 0 Å². The van der Waals surface area contributed by atoms with Crippen LogP contribution in [0.25, 0.3) is 0 Å². The maximum Gasteiger partial charge on any atom is 0.243 e. The van der Waals surface area contributed by atoms with Crippen LogP contribution in [0.1, 0.15) is 24.2 Å². The number of nitrogens with zero attached hydrogens (tertiary/aromatic N) is 3. The summed E-state index contributed by atoms with van der Waals surface area (Å²) >= 11 is 1.77. The fraction of sp³-hybridized carbons (Fsp3) is 0.800. The molecule has 16 heavy (non-hydrogen) atoms. The average molecular weight is 244 g/mol. The molecule has 1 heterocycles. The molecule has 2 N–H and O–H groups in total. The molecule has 1 aromatic heterocycles. The van der Waals surface area contributed by atoms with Gasteiger partial charge in [-0.2, -0.15) is 16.7 Å².